The van der Waals surface area contributed by atoms with E-state index >= 15 is 0 Å². The Balaban J connectivity index is 2.47. The van der Waals surface area contributed by atoms with Gasteiger partial charge in [0.2, 0.25) is 6.10 Å². The highest BCUT2D eigenvalue weighted by Gasteiger charge is 2.37. The second-order valence-electron chi connectivity index (χ2n) is 3.13. The molecule has 2 rings (SSSR count). The average molecular weight is 242 g/mol. The van der Waals surface area contributed by atoms with E-state index in [1.54, 1.807) is 18.2 Å². The Morgan fingerprint density at radius 1 is 1.44 bits per heavy atom. The lowest BCUT2D eigenvalue weighted by Gasteiger charge is -2.13. The maximum atomic E-state index is 11.4. The highest BCUT2D eigenvalue weighted by atomic mass is 35.5. The summed E-state index contributed by atoms with van der Waals surface area (Å²) in [5, 5.41) is 2.34. The number of methoxy groups -OCH3 is 1. The molecule has 2 amide bonds. The van der Waals surface area contributed by atoms with Crippen LogP contribution >= 0.6 is 11.6 Å². The van der Waals surface area contributed by atoms with E-state index < -0.39 is 18.1 Å². The zero-order valence-electron chi connectivity index (χ0n) is 8.32. The third-order valence-electron chi connectivity index (χ3n) is 2.18. The molecule has 16 heavy (non-hydrogen) atoms. The highest BCUT2D eigenvalue weighted by Crippen LogP contribution is 2.35. The molecular weight excluding hydrogens is 234 g/mol. The van der Waals surface area contributed by atoms with E-state index in [4.69, 9.17) is 21.1 Å². The van der Waals surface area contributed by atoms with E-state index in [2.05, 4.69) is 0 Å². The first-order valence-corrected chi connectivity index (χ1v) is 4.85. The Morgan fingerprint density at radius 3 is 2.75 bits per heavy atom. The van der Waals surface area contributed by atoms with Crippen LogP contribution in [0.4, 0.5) is 4.79 Å². The smallest absolute Gasteiger partial charge is 0.415 e. The van der Waals surface area contributed by atoms with E-state index in [1.807, 2.05) is 5.32 Å². The van der Waals surface area contributed by atoms with Gasteiger partial charge in [-0.25, -0.2) is 4.79 Å². The molecule has 1 N–H and O–H groups in total. The third-order valence-corrected chi connectivity index (χ3v) is 2.51. The van der Waals surface area contributed by atoms with Crippen LogP contribution in [0.1, 0.15) is 11.7 Å². The fraction of sp³-hybridized carbons (Fsp3) is 0.200. The number of rotatable bonds is 2. The van der Waals surface area contributed by atoms with Gasteiger partial charge in [-0.2, -0.15) is 0 Å². The second kappa shape index (κ2) is 4.02. The van der Waals surface area contributed by atoms with Crippen LogP contribution in [-0.2, 0) is 9.53 Å². The minimum Gasteiger partial charge on any atom is -0.496 e. The van der Waals surface area contributed by atoms with Crippen LogP contribution in [-0.4, -0.2) is 19.1 Å². The van der Waals surface area contributed by atoms with Gasteiger partial charge in [0.15, 0.2) is 0 Å². The molecule has 0 aromatic heterocycles. The molecule has 1 aliphatic heterocycles. The van der Waals surface area contributed by atoms with Gasteiger partial charge < -0.3 is 9.47 Å². The zero-order chi connectivity index (χ0) is 11.7. The Labute approximate surface area is 96.3 Å². The normalized spacial score (nSPS) is 19.2. The maximum Gasteiger partial charge on any atom is 0.415 e. The predicted molar refractivity (Wildman–Crippen MR) is 55.4 cm³/mol. The summed E-state index contributed by atoms with van der Waals surface area (Å²) in [4.78, 5) is 22.3. The number of carbonyl (C=O) groups is 2. The van der Waals surface area contributed by atoms with Gasteiger partial charge in [0, 0.05) is 0 Å². The van der Waals surface area contributed by atoms with Crippen molar-refractivity contribution < 1.29 is 19.1 Å². The van der Waals surface area contributed by atoms with Crippen LogP contribution < -0.4 is 10.1 Å². The van der Waals surface area contributed by atoms with Crippen molar-refractivity contribution in [3.8, 4) is 5.75 Å². The summed E-state index contributed by atoms with van der Waals surface area (Å²) < 4.78 is 9.89. The molecule has 0 spiro atoms. The molecule has 1 fully saturated rings. The van der Waals surface area contributed by atoms with Gasteiger partial charge >= 0.3 is 6.09 Å². The topological polar surface area (TPSA) is 64.6 Å². The second-order valence-corrected chi connectivity index (χ2v) is 3.54. The molecule has 6 heteroatoms. The summed E-state index contributed by atoms with van der Waals surface area (Å²) in [5.74, 6) is -0.140. The quantitative estimate of drug-likeness (QED) is 0.855. The number of carbonyl (C=O) groups excluding carboxylic acids is 2. The minimum atomic E-state index is -1.05. The van der Waals surface area contributed by atoms with E-state index in [1.165, 1.54) is 7.11 Å². The molecule has 1 saturated heterocycles. The standard InChI is InChI=1S/C10H8ClNO4/c1-15-6-4-2-3-5(11)7(6)8-9(13)12-10(14)16-8/h2-4,8H,1H3,(H,12,13,14)/t8-/m1/s1. The summed E-state index contributed by atoms with van der Waals surface area (Å²) in [6, 6.07) is 4.92. The van der Waals surface area contributed by atoms with Gasteiger partial charge in [0.1, 0.15) is 5.75 Å². The van der Waals surface area contributed by atoms with Crippen molar-refractivity contribution in [1.29, 1.82) is 0 Å². The van der Waals surface area contributed by atoms with Crippen LogP contribution in [0.15, 0.2) is 18.2 Å². The van der Waals surface area contributed by atoms with Crippen LogP contribution in [0.3, 0.4) is 0 Å². The number of nitrogens with one attached hydrogen (secondary N) is 1. The molecule has 1 aromatic carbocycles. The number of hydrogen-bond acceptors (Lipinski definition) is 4. The Kier molecular flexibility index (Phi) is 2.70. The molecule has 0 radical (unpaired) electrons. The molecular formula is C10H8ClNO4. The number of amides is 2. The van der Waals surface area contributed by atoms with Crippen LogP contribution in [0.25, 0.3) is 0 Å². The van der Waals surface area contributed by atoms with Crippen molar-refractivity contribution in [1.82, 2.24) is 5.32 Å². The number of halogens is 1. The summed E-state index contributed by atoms with van der Waals surface area (Å²) in [6.45, 7) is 0. The van der Waals surface area contributed by atoms with Gasteiger partial charge in [0.25, 0.3) is 5.91 Å². The molecule has 84 valence electrons. The largest absolute Gasteiger partial charge is 0.496 e. The Morgan fingerprint density at radius 2 is 2.19 bits per heavy atom. The van der Waals surface area contributed by atoms with Crippen molar-refractivity contribution in [2.24, 2.45) is 0 Å². The summed E-state index contributed by atoms with van der Waals surface area (Å²) >= 11 is 5.95. The number of cyclic esters (lactones) is 1. The van der Waals surface area contributed by atoms with Gasteiger partial charge in [-0.05, 0) is 12.1 Å². The SMILES string of the molecule is COc1cccc(Cl)c1[C@H]1OC(=O)NC1=O. The molecule has 1 atom stereocenters. The lowest BCUT2D eigenvalue weighted by atomic mass is 10.1. The van der Waals surface area contributed by atoms with Crippen molar-refractivity contribution in [3.05, 3.63) is 28.8 Å². The van der Waals surface area contributed by atoms with E-state index in [0.717, 1.165) is 0 Å². The summed E-state index contributed by atoms with van der Waals surface area (Å²) in [5.41, 5.74) is 0.356. The van der Waals surface area contributed by atoms with Gasteiger partial charge in [0.05, 0.1) is 17.7 Å². The fourth-order valence-corrected chi connectivity index (χ4v) is 1.76. The highest BCUT2D eigenvalue weighted by molar-refractivity contribution is 6.32. The first-order chi connectivity index (χ1) is 7.63. The molecule has 1 aliphatic rings. The minimum absolute atomic E-state index is 0.314. The Bertz CT molecular complexity index is 460. The van der Waals surface area contributed by atoms with Crippen LogP contribution in [0, 0.1) is 0 Å². The van der Waals surface area contributed by atoms with Gasteiger partial charge in [-0.3, -0.25) is 10.1 Å². The first kappa shape index (κ1) is 10.8. The summed E-state index contributed by atoms with van der Waals surface area (Å²) in [6.07, 6.45) is -1.83. The lowest BCUT2D eigenvalue weighted by Crippen LogP contribution is -2.20. The van der Waals surface area contributed by atoms with E-state index in [-0.39, 0.29) is 0 Å². The lowest BCUT2D eigenvalue weighted by molar-refractivity contribution is -0.123. The molecule has 5 nitrogen and oxygen atoms in total. The first-order valence-electron chi connectivity index (χ1n) is 4.47. The van der Waals surface area contributed by atoms with E-state index in [9.17, 15) is 9.59 Å². The van der Waals surface area contributed by atoms with E-state index in [0.29, 0.717) is 16.3 Å². The van der Waals surface area contributed by atoms with Gasteiger partial charge in [-0.1, -0.05) is 17.7 Å². The number of imide groups is 1. The number of benzene rings is 1. The average Bonchev–Trinajstić information content (AvgIpc) is 2.57. The van der Waals surface area contributed by atoms with Crippen molar-refractivity contribution >= 4 is 23.6 Å². The van der Waals surface area contributed by atoms with Crippen molar-refractivity contribution in [3.63, 3.8) is 0 Å². The summed E-state index contributed by atoms with van der Waals surface area (Å²) in [7, 11) is 1.45. The van der Waals surface area contributed by atoms with Gasteiger partial charge in [-0.15, -0.1) is 0 Å². The third kappa shape index (κ3) is 1.69. The zero-order valence-corrected chi connectivity index (χ0v) is 9.08. The van der Waals surface area contributed by atoms with Crippen molar-refractivity contribution in [2.75, 3.05) is 7.11 Å². The molecule has 0 unspecified atom stereocenters. The Hall–Kier alpha value is -1.75. The van der Waals surface area contributed by atoms with Crippen LogP contribution in [0.5, 0.6) is 5.75 Å². The monoisotopic (exact) mass is 241 g/mol. The molecule has 1 aromatic rings. The molecule has 0 saturated carbocycles. The number of hydrogen-bond donors (Lipinski definition) is 1. The van der Waals surface area contributed by atoms with Crippen LogP contribution in [0.2, 0.25) is 5.02 Å². The van der Waals surface area contributed by atoms with Crippen molar-refractivity contribution in [2.45, 2.75) is 6.10 Å². The fourth-order valence-electron chi connectivity index (χ4n) is 1.50. The predicted octanol–water partition coefficient (Wildman–Crippen LogP) is 1.66. The molecule has 0 bridgehead atoms. The molecule has 0 aliphatic carbocycles. The molecule has 1 heterocycles. The number of ether oxygens (including phenoxy) is 2. The number of alkyl carbamates (subject to hydrolysis) is 1. The maximum absolute atomic E-state index is 11.4.